The van der Waals surface area contributed by atoms with Gasteiger partial charge >= 0.3 is 0 Å². The van der Waals surface area contributed by atoms with Crippen molar-refractivity contribution in [3.8, 4) is 0 Å². The van der Waals surface area contributed by atoms with Crippen LogP contribution in [0.5, 0.6) is 0 Å². The van der Waals surface area contributed by atoms with Crippen LogP contribution in [-0.2, 0) is 19.4 Å². The fourth-order valence-corrected chi connectivity index (χ4v) is 2.43. The Balaban J connectivity index is 2.59. The summed E-state index contributed by atoms with van der Waals surface area (Å²) in [4.78, 5) is 24.7. The van der Waals surface area contributed by atoms with Gasteiger partial charge in [0, 0.05) is 12.8 Å². The number of carbonyl (C=O) groups excluding carboxylic acids is 2. The summed E-state index contributed by atoms with van der Waals surface area (Å²) >= 11 is 0. The lowest BCUT2D eigenvalue weighted by atomic mass is 10.0. The number of piperazine rings is 1. The molecule has 1 aliphatic heterocycles. The minimum Gasteiger partial charge on any atom is -0.341 e. The van der Waals surface area contributed by atoms with Crippen molar-refractivity contribution in [2.75, 3.05) is 25.1 Å². The second-order valence-corrected chi connectivity index (χ2v) is 7.14. The molecule has 1 rings (SSSR count). The van der Waals surface area contributed by atoms with E-state index in [2.05, 4.69) is 5.32 Å². The topological polar surface area (TPSA) is 83.6 Å². The lowest BCUT2D eigenvalue weighted by molar-refractivity contribution is -0.148. The van der Waals surface area contributed by atoms with Crippen LogP contribution in [0.4, 0.5) is 0 Å². The van der Waals surface area contributed by atoms with Gasteiger partial charge in [-0.2, -0.15) is 0 Å². The number of amides is 2. The Hall–Kier alpha value is -1.11. The van der Waals surface area contributed by atoms with Crippen molar-refractivity contribution in [1.82, 2.24) is 10.2 Å². The lowest BCUT2D eigenvalue weighted by Crippen LogP contribution is -2.63. The Labute approximate surface area is 101 Å². The molecular weight excluding hydrogens is 244 g/mol. The highest BCUT2D eigenvalue weighted by atomic mass is 32.2. The maximum absolute atomic E-state index is 11.9. The summed E-state index contributed by atoms with van der Waals surface area (Å²) < 4.78 is 21.9. The Morgan fingerprint density at radius 2 is 1.94 bits per heavy atom. The molecule has 7 heteroatoms. The van der Waals surface area contributed by atoms with Gasteiger partial charge in [-0.25, -0.2) is 8.42 Å². The molecule has 2 amide bonds. The third kappa shape index (κ3) is 3.99. The average Bonchev–Trinajstić information content (AvgIpc) is 2.10. The molecule has 1 fully saturated rings. The molecule has 98 valence electrons. The number of nitrogens with one attached hydrogen (secondary N) is 1. The number of rotatable bonds is 4. The lowest BCUT2D eigenvalue weighted by Gasteiger charge is -2.37. The van der Waals surface area contributed by atoms with Crippen molar-refractivity contribution in [2.24, 2.45) is 0 Å². The molecule has 0 saturated carbocycles. The minimum atomic E-state index is -3.02. The Kier molecular flexibility index (Phi) is 3.81. The van der Waals surface area contributed by atoms with E-state index in [4.69, 9.17) is 0 Å². The van der Waals surface area contributed by atoms with Gasteiger partial charge in [0.25, 0.3) is 0 Å². The molecule has 0 atom stereocenters. The van der Waals surface area contributed by atoms with Gasteiger partial charge in [0.15, 0.2) is 0 Å². The smallest absolute Gasteiger partial charge is 0.248 e. The minimum absolute atomic E-state index is 0.00598. The quantitative estimate of drug-likeness (QED) is 0.716. The molecule has 1 heterocycles. The normalized spacial score (nSPS) is 20.3. The molecular formula is C10H18N2O4S. The monoisotopic (exact) mass is 262 g/mol. The van der Waals surface area contributed by atoms with Gasteiger partial charge in [0.1, 0.15) is 15.4 Å². The van der Waals surface area contributed by atoms with Crippen LogP contribution in [0.15, 0.2) is 0 Å². The molecule has 0 radical (unpaired) electrons. The third-order valence-electron chi connectivity index (χ3n) is 2.55. The van der Waals surface area contributed by atoms with Crippen molar-refractivity contribution in [2.45, 2.75) is 25.8 Å². The number of carbonyl (C=O) groups is 2. The van der Waals surface area contributed by atoms with E-state index in [1.165, 1.54) is 4.90 Å². The molecule has 1 aliphatic rings. The molecule has 0 bridgehead atoms. The van der Waals surface area contributed by atoms with Crippen LogP contribution in [0.2, 0.25) is 0 Å². The maximum Gasteiger partial charge on any atom is 0.248 e. The predicted molar refractivity (Wildman–Crippen MR) is 63.1 cm³/mol. The molecule has 17 heavy (non-hydrogen) atoms. The van der Waals surface area contributed by atoms with Crippen molar-refractivity contribution < 1.29 is 18.0 Å². The number of hydrogen-bond donors (Lipinski definition) is 1. The van der Waals surface area contributed by atoms with Gasteiger partial charge in [-0.1, -0.05) is 0 Å². The van der Waals surface area contributed by atoms with Crippen LogP contribution in [0.25, 0.3) is 0 Å². The van der Waals surface area contributed by atoms with E-state index < -0.39 is 15.4 Å². The molecule has 1 saturated heterocycles. The van der Waals surface area contributed by atoms with Crippen LogP contribution in [0.1, 0.15) is 20.3 Å². The zero-order valence-corrected chi connectivity index (χ0v) is 11.1. The summed E-state index contributed by atoms with van der Waals surface area (Å²) in [6.45, 7) is 3.57. The van der Waals surface area contributed by atoms with Crippen molar-refractivity contribution in [1.29, 1.82) is 0 Å². The molecule has 6 nitrogen and oxygen atoms in total. The van der Waals surface area contributed by atoms with E-state index in [1.807, 2.05) is 0 Å². The first-order valence-electron chi connectivity index (χ1n) is 5.40. The first kappa shape index (κ1) is 14.0. The fraction of sp³-hybridized carbons (Fsp3) is 0.800. The summed E-state index contributed by atoms with van der Waals surface area (Å²) in [7, 11) is -3.02. The first-order valence-corrected chi connectivity index (χ1v) is 7.46. The van der Waals surface area contributed by atoms with E-state index in [0.29, 0.717) is 13.0 Å². The third-order valence-corrected chi connectivity index (χ3v) is 3.58. The van der Waals surface area contributed by atoms with E-state index in [-0.39, 0.29) is 24.1 Å². The summed E-state index contributed by atoms with van der Waals surface area (Å²) in [5, 5.41) is 2.59. The van der Waals surface area contributed by atoms with Crippen molar-refractivity contribution in [3.05, 3.63) is 0 Å². The molecule has 0 aromatic carbocycles. The maximum atomic E-state index is 11.9. The Morgan fingerprint density at radius 1 is 1.35 bits per heavy atom. The second kappa shape index (κ2) is 4.64. The van der Waals surface area contributed by atoms with Crippen LogP contribution in [0, 0.1) is 0 Å². The van der Waals surface area contributed by atoms with Crippen LogP contribution >= 0.6 is 0 Å². The Bertz CT molecular complexity index is 428. The molecule has 0 spiro atoms. The molecule has 0 aromatic heterocycles. The summed E-state index contributed by atoms with van der Waals surface area (Å²) in [5.74, 6) is -0.363. The zero-order valence-electron chi connectivity index (χ0n) is 10.3. The zero-order chi connectivity index (χ0) is 13.3. The van der Waals surface area contributed by atoms with E-state index in [0.717, 1.165) is 6.26 Å². The number of hydrogen-bond acceptors (Lipinski definition) is 4. The van der Waals surface area contributed by atoms with Crippen molar-refractivity contribution >= 4 is 21.7 Å². The largest absolute Gasteiger partial charge is 0.341 e. The molecule has 0 aromatic rings. The van der Waals surface area contributed by atoms with E-state index in [9.17, 15) is 18.0 Å². The summed E-state index contributed by atoms with van der Waals surface area (Å²) in [6.07, 6.45) is 1.51. The fourth-order valence-electron chi connectivity index (χ4n) is 1.78. The first-order chi connectivity index (χ1) is 7.62. The number of nitrogens with zero attached hydrogens (tertiary/aromatic N) is 1. The predicted octanol–water partition coefficient (Wildman–Crippen LogP) is -0.842. The van der Waals surface area contributed by atoms with Crippen LogP contribution in [-0.4, -0.2) is 55.8 Å². The summed E-state index contributed by atoms with van der Waals surface area (Å²) in [6, 6.07) is 0. The van der Waals surface area contributed by atoms with Gasteiger partial charge < -0.3 is 10.2 Å². The van der Waals surface area contributed by atoms with E-state index in [1.54, 1.807) is 13.8 Å². The van der Waals surface area contributed by atoms with Crippen molar-refractivity contribution in [3.63, 3.8) is 0 Å². The molecule has 0 unspecified atom stereocenters. The summed E-state index contributed by atoms with van der Waals surface area (Å²) in [5.41, 5.74) is -0.902. The van der Waals surface area contributed by atoms with Crippen LogP contribution in [0.3, 0.4) is 0 Å². The van der Waals surface area contributed by atoms with Crippen LogP contribution < -0.4 is 5.32 Å². The second-order valence-electron chi connectivity index (χ2n) is 4.88. The highest BCUT2D eigenvalue weighted by Crippen LogP contribution is 2.13. The van der Waals surface area contributed by atoms with E-state index >= 15 is 0 Å². The van der Waals surface area contributed by atoms with Gasteiger partial charge in [0.05, 0.1) is 12.3 Å². The average molecular weight is 262 g/mol. The molecule has 0 aliphatic carbocycles. The Morgan fingerprint density at radius 3 is 2.47 bits per heavy atom. The highest BCUT2D eigenvalue weighted by molar-refractivity contribution is 7.90. The highest BCUT2D eigenvalue weighted by Gasteiger charge is 2.38. The molecule has 1 N–H and O–H groups in total. The van der Waals surface area contributed by atoms with Gasteiger partial charge in [-0.15, -0.1) is 0 Å². The SMILES string of the molecule is CC1(C)NC(=O)CN(CCCS(C)(=O)=O)C1=O. The number of sulfone groups is 1. The van der Waals surface area contributed by atoms with Gasteiger partial charge in [-0.05, 0) is 20.3 Å². The van der Waals surface area contributed by atoms with Gasteiger partial charge in [-0.3, -0.25) is 9.59 Å². The standard InChI is InChI=1S/C10H18N2O4S/c1-10(2)9(14)12(7-8(13)11-10)5-4-6-17(3,15)16/h4-7H2,1-3H3,(H,11,13). The van der Waals surface area contributed by atoms with Gasteiger partial charge in [0.2, 0.25) is 11.8 Å².